The van der Waals surface area contributed by atoms with E-state index >= 15 is 0 Å². The van der Waals surface area contributed by atoms with Crippen LogP contribution in [0, 0.1) is 0 Å². The summed E-state index contributed by atoms with van der Waals surface area (Å²) in [7, 11) is 1.61. The Bertz CT molecular complexity index is 1570. The summed E-state index contributed by atoms with van der Waals surface area (Å²) in [6, 6.07) is 10.9. The number of aromatic amines is 1. The van der Waals surface area contributed by atoms with Crippen molar-refractivity contribution in [1.82, 2.24) is 24.4 Å². The predicted molar refractivity (Wildman–Crippen MR) is 126 cm³/mol. The average molecular weight is 464 g/mol. The van der Waals surface area contributed by atoms with E-state index in [1.165, 1.54) is 27.1 Å². The van der Waals surface area contributed by atoms with Crippen LogP contribution in [0.3, 0.4) is 0 Å². The lowest BCUT2D eigenvalue weighted by Crippen LogP contribution is -2.34. The van der Waals surface area contributed by atoms with Crippen molar-refractivity contribution in [1.29, 1.82) is 0 Å². The number of benzene rings is 1. The molecule has 1 N–H and O–H groups in total. The first-order valence-corrected chi connectivity index (χ1v) is 11.5. The molecule has 0 bridgehead atoms. The van der Waals surface area contributed by atoms with Crippen LogP contribution in [0.15, 0.2) is 63.1 Å². The molecule has 160 valence electrons. The van der Waals surface area contributed by atoms with Gasteiger partial charge in [0.15, 0.2) is 0 Å². The molecule has 0 unspecified atom stereocenters. The Kier molecular flexibility index (Phi) is 5.16. The van der Waals surface area contributed by atoms with Crippen LogP contribution in [0.1, 0.15) is 5.82 Å². The number of amides is 1. The van der Waals surface area contributed by atoms with Crippen molar-refractivity contribution in [2.75, 3.05) is 7.05 Å². The first-order chi connectivity index (χ1) is 15.5. The third-order valence-corrected chi connectivity index (χ3v) is 6.92. The van der Waals surface area contributed by atoms with E-state index in [1.54, 1.807) is 42.6 Å². The number of nitrogens with zero attached hydrogens (tertiary/aromatic N) is 4. The minimum absolute atomic E-state index is 0.113. The number of para-hydroxylation sites is 1. The zero-order valence-corrected chi connectivity index (χ0v) is 18.6. The van der Waals surface area contributed by atoms with E-state index in [0.29, 0.717) is 26.9 Å². The second-order valence-electron chi connectivity index (χ2n) is 7.26. The summed E-state index contributed by atoms with van der Waals surface area (Å²) >= 11 is 2.96. The molecule has 1 aromatic carbocycles. The number of carbonyl (C=O) groups excluding carboxylic acids is 1. The van der Waals surface area contributed by atoms with E-state index in [0.717, 1.165) is 10.4 Å². The second-order valence-corrected chi connectivity index (χ2v) is 9.07. The van der Waals surface area contributed by atoms with E-state index in [4.69, 9.17) is 0 Å². The molecular weight excluding hydrogens is 446 g/mol. The molecule has 4 heterocycles. The van der Waals surface area contributed by atoms with Gasteiger partial charge in [-0.15, -0.1) is 22.7 Å². The normalized spacial score (nSPS) is 11.3. The van der Waals surface area contributed by atoms with Crippen LogP contribution in [0.2, 0.25) is 0 Å². The number of hydrogen-bond acceptors (Lipinski definition) is 7. The fourth-order valence-electron chi connectivity index (χ4n) is 3.48. The van der Waals surface area contributed by atoms with Crippen molar-refractivity contribution >= 4 is 49.7 Å². The first kappa shape index (κ1) is 20.3. The van der Waals surface area contributed by atoms with Gasteiger partial charge in [-0.2, -0.15) is 0 Å². The van der Waals surface area contributed by atoms with Gasteiger partial charge in [-0.25, -0.2) is 9.97 Å². The molecule has 8 nitrogen and oxygen atoms in total. The Morgan fingerprint density at radius 2 is 2.00 bits per heavy atom. The van der Waals surface area contributed by atoms with Crippen LogP contribution in [0.5, 0.6) is 0 Å². The van der Waals surface area contributed by atoms with Crippen LogP contribution in [0.25, 0.3) is 31.6 Å². The van der Waals surface area contributed by atoms with Crippen LogP contribution < -0.4 is 11.1 Å². The molecule has 0 fully saturated rings. The van der Waals surface area contributed by atoms with Crippen molar-refractivity contribution < 1.29 is 4.79 Å². The molecule has 0 saturated carbocycles. The minimum Gasteiger partial charge on any atom is -0.337 e. The summed E-state index contributed by atoms with van der Waals surface area (Å²) in [6.45, 7) is -0.0436. The molecule has 0 radical (unpaired) electrons. The highest BCUT2D eigenvalue weighted by Gasteiger charge is 2.17. The summed E-state index contributed by atoms with van der Waals surface area (Å²) < 4.78 is 1.32. The second kappa shape index (κ2) is 8.13. The Morgan fingerprint density at radius 3 is 2.81 bits per heavy atom. The number of thiophene rings is 2. The Hall–Kier alpha value is -3.63. The number of hydrogen-bond donors (Lipinski definition) is 1. The number of H-pyrrole nitrogens is 1. The van der Waals surface area contributed by atoms with Gasteiger partial charge in [0.25, 0.3) is 11.1 Å². The van der Waals surface area contributed by atoms with Crippen molar-refractivity contribution in [3.8, 4) is 10.4 Å². The number of rotatable bonds is 5. The smallest absolute Gasteiger partial charge is 0.263 e. The van der Waals surface area contributed by atoms with Crippen LogP contribution in [-0.2, 0) is 17.9 Å². The van der Waals surface area contributed by atoms with E-state index in [1.807, 2.05) is 22.9 Å². The standard InChI is InChI=1S/C22H17N5O3S2/c1-26(9-17-24-15-6-3-2-5-13(15)20(29)25-17)18(28)10-27-12-23-21-19(22(27)30)14(11-32-21)16-7-4-8-31-16/h2-8,11-12H,9-10H2,1H3,(H,24,25,29). The monoisotopic (exact) mass is 463 g/mol. The van der Waals surface area contributed by atoms with Gasteiger partial charge >= 0.3 is 0 Å². The summed E-state index contributed by atoms with van der Waals surface area (Å²) in [5.41, 5.74) is 0.900. The van der Waals surface area contributed by atoms with Crippen LogP contribution in [-0.4, -0.2) is 37.4 Å². The molecule has 10 heteroatoms. The lowest BCUT2D eigenvalue weighted by atomic mass is 10.2. The summed E-state index contributed by atoms with van der Waals surface area (Å²) in [4.78, 5) is 52.8. The fraction of sp³-hybridized carbons (Fsp3) is 0.136. The number of likely N-dealkylation sites (N-methyl/N-ethyl adjacent to an activating group) is 1. The Morgan fingerprint density at radius 1 is 1.16 bits per heavy atom. The van der Waals surface area contributed by atoms with Gasteiger partial charge in [-0.3, -0.25) is 19.0 Å². The van der Waals surface area contributed by atoms with E-state index in [9.17, 15) is 14.4 Å². The zero-order chi connectivity index (χ0) is 22.2. The molecular formula is C22H17N5O3S2. The first-order valence-electron chi connectivity index (χ1n) is 9.73. The van der Waals surface area contributed by atoms with Gasteiger partial charge < -0.3 is 9.88 Å². The SMILES string of the molecule is CN(Cc1nc2ccccc2c(=O)[nH]1)C(=O)Cn1cnc2scc(-c3cccs3)c2c1=O. The topological polar surface area (TPSA) is 101 Å². The van der Waals surface area contributed by atoms with Crippen molar-refractivity contribution in [3.63, 3.8) is 0 Å². The molecule has 0 atom stereocenters. The van der Waals surface area contributed by atoms with Gasteiger partial charge in [0, 0.05) is 22.9 Å². The highest BCUT2D eigenvalue weighted by atomic mass is 32.1. The van der Waals surface area contributed by atoms with Gasteiger partial charge in [0.1, 0.15) is 17.2 Å². The molecule has 32 heavy (non-hydrogen) atoms. The van der Waals surface area contributed by atoms with E-state index in [2.05, 4.69) is 15.0 Å². The molecule has 4 aromatic heterocycles. The molecule has 0 saturated heterocycles. The van der Waals surface area contributed by atoms with Gasteiger partial charge in [0.05, 0.1) is 29.2 Å². The Labute approximate surface area is 189 Å². The maximum atomic E-state index is 13.1. The summed E-state index contributed by atoms with van der Waals surface area (Å²) in [5, 5.41) is 4.90. The molecule has 1 amide bonds. The lowest BCUT2D eigenvalue weighted by molar-refractivity contribution is -0.131. The maximum Gasteiger partial charge on any atom is 0.263 e. The maximum absolute atomic E-state index is 13.1. The van der Waals surface area contributed by atoms with Gasteiger partial charge in [-0.05, 0) is 23.6 Å². The molecule has 0 aliphatic carbocycles. The average Bonchev–Trinajstić information content (AvgIpc) is 3.45. The molecule has 0 aliphatic heterocycles. The molecule has 5 rings (SSSR count). The third-order valence-electron chi connectivity index (χ3n) is 5.13. The van der Waals surface area contributed by atoms with Crippen molar-refractivity contribution in [2.45, 2.75) is 13.1 Å². The predicted octanol–water partition coefficient (Wildman–Crippen LogP) is 3.08. The molecule has 0 aliphatic rings. The number of fused-ring (bicyclic) bond motifs is 2. The van der Waals surface area contributed by atoms with E-state index in [-0.39, 0.29) is 30.1 Å². The minimum atomic E-state index is -0.294. The van der Waals surface area contributed by atoms with Crippen molar-refractivity contribution in [2.24, 2.45) is 0 Å². The highest BCUT2D eigenvalue weighted by molar-refractivity contribution is 7.18. The number of aromatic nitrogens is 4. The van der Waals surface area contributed by atoms with Crippen LogP contribution >= 0.6 is 22.7 Å². The molecule has 0 spiro atoms. The van der Waals surface area contributed by atoms with Crippen molar-refractivity contribution in [3.05, 3.63) is 80.0 Å². The number of carbonyl (C=O) groups is 1. The molecule has 5 aromatic rings. The largest absolute Gasteiger partial charge is 0.337 e. The van der Waals surface area contributed by atoms with E-state index < -0.39 is 0 Å². The zero-order valence-electron chi connectivity index (χ0n) is 16.9. The fourth-order valence-corrected chi connectivity index (χ4v) is 5.20. The quantitative estimate of drug-likeness (QED) is 0.432. The highest BCUT2D eigenvalue weighted by Crippen LogP contribution is 2.33. The van der Waals surface area contributed by atoms with Gasteiger partial charge in [0.2, 0.25) is 5.91 Å². The third kappa shape index (κ3) is 3.63. The Balaban J connectivity index is 1.40. The summed E-state index contributed by atoms with van der Waals surface area (Å²) in [6.07, 6.45) is 1.40. The van der Waals surface area contributed by atoms with Gasteiger partial charge in [-0.1, -0.05) is 18.2 Å². The number of nitrogens with one attached hydrogen (secondary N) is 1. The summed E-state index contributed by atoms with van der Waals surface area (Å²) in [5.74, 6) is 0.0836. The lowest BCUT2D eigenvalue weighted by Gasteiger charge is -2.17. The van der Waals surface area contributed by atoms with Crippen LogP contribution in [0.4, 0.5) is 0 Å².